The molecule has 2 heterocycles. The third-order valence-corrected chi connectivity index (χ3v) is 3.50. The summed E-state index contributed by atoms with van der Waals surface area (Å²) in [6.45, 7) is 4.02. The molecular weight excluding hydrogens is 286 g/mol. The first-order valence-electron chi connectivity index (χ1n) is 6.83. The number of hydrogen-bond acceptors (Lipinski definition) is 5. The van der Waals surface area contributed by atoms with Crippen molar-refractivity contribution in [3.63, 3.8) is 0 Å². The second kappa shape index (κ2) is 5.47. The highest BCUT2D eigenvalue weighted by Crippen LogP contribution is 2.26. The fourth-order valence-electron chi connectivity index (χ4n) is 2.34. The van der Waals surface area contributed by atoms with Crippen LogP contribution in [0.15, 0.2) is 30.7 Å². The molecule has 1 aromatic carbocycles. The van der Waals surface area contributed by atoms with Gasteiger partial charge in [-0.2, -0.15) is 5.10 Å². The second-order valence-corrected chi connectivity index (χ2v) is 5.29. The molecule has 0 spiro atoms. The van der Waals surface area contributed by atoms with Crippen LogP contribution in [0.4, 0.5) is 4.39 Å². The Kier molecular flexibility index (Phi) is 3.63. The van der Waals surface area contributed by atoms with E-state index >= 15 is 0 Å². The van der Waals surface area contributed by atoms with E-state index in [4.69, 9.17) is 0 Å². The molecule has 8 heteroatoms. The number of hydrogen-bond donors (Lipinski definition) is 2. The SMILES string of the molecule is CC(C)n1cnc2c(-c3ccc(F)c(B(O)O)c3)cnnc21. The van der Waals surface area contributed by atoms with Crippen molar-refractivity contribution in [3.8, 4) is 11.1 Å². The van der Waals surface area contributed by atoms with Gasteiger partial charge in [-0.05, 0) is 25.5 Å². The number of nitrogens with zero attached hydrogens (tertiary/aromatic N) is 4. The highest BCUT2D eigenvalue weighted by atomic mass is 19.1. The van der Waals surface area contributed by atoms with Crippen LogP contribution >= 0.6 is 0 Å². The lowest BCUT2D eigenvalue weighted by atomic mass is 9.78. The summed E-state index contributed by atoms with van der Waals surface area (Å²) in [5.41, 5.74) is 2.33. The minimum Gasteiger partial charge on any atom is -0.423 e. The van der Waals surface area contributed by atoms with Crippen LogP contribution in [0, 0.1) is 5.82 Å². The summed E-state index contributed by atoms with van der Waals surface area (Å²) < 4.78 is 15.5. The van der Waals surface area contributed by atoms with Crippen molar-refractivity contribution in [1.82, 2.24) is 19.7 Å². The van der Waals surface area contributed by atoms with Gasteiger partial charge >= 0.3 is 7.12 Å². The van der Waals surface area contributed by atoms with Crippen LogP contribution in [0.1, 0.15) is 19.9 Å². The predicted molar refractivity (Wildman–Crippen MR) is 80.9 cm³/mol. The van der Waals surface area contributed by atoms with Crippen molar-refractivity contribution in [3.05, 3.63) is 36.5 Å². The van der Waals surface area contributed by atoms with Crippen LogP contribution < -0.4 is 5.46 Å². The van der Waals surface area contributed by atoms with Crippen molar-refractivity contribution >= 4 is 23.7 Å². The zero-order valence-corrected chi connectivity index (χ0v) is 12.1. The van der Waals surface area contributed by atoms with Crippen molar-refractivity contribution in [2.24, 2.45) is 0 Å². The molecule has 3 rings (SSSR count). The monoisotopic (exact) mass is 300 g/mol. The van der Waals surface area contributed by atoms with E-state index < -0.39 is 12.9 Å². The highest BCUT2D eigenvalue weighted by Gasteiger charge is 2.19. The predicted octanol–water partition coefficient (Wildman–Crippen LogP) is 0.893. The maximum Gasteiger partial charge on any atom is 0.491 e. The Balaban J connectivity index is 2.21. The molecule has 0 amide bonds. The fraction of sp³-hybridized carbons (Fsp3) is 0.214. The van der Waals surface area contributed by atoms with Crippen LogP contribution in [-0.4, -0.2) is 36.9 Å². The minimum absolute atomic E-state index is 0.178. The van der Waals surface area contributed by atoms with E-state index in [-0.39, 0.29) is 11.5 Å². The van der Waals surface area contributed by atoms with Gasteiger partial charge in [-0.15, -0.1) is 5.10 Å². The normalized spacial score (nSPS) is 11.4. The molecule has 2 N–H and O–H groups in total. The second-order valence-electron chi connectivity index (χ2n) is 5.29. The molecule has 0 aliphatic heterocycles. The molecule has 0 unspecified atom stereocenters. The molecule has 6 nitrogen and oxygen atoms in total. The van der Waals surface area contributed by atoms with Gasteiger partial charge in [0.1, 0.15) is 11.3 Å². The lowest BCUT2D eigenvalue weighted by Crippen LogP contribution is -2.32. The molecule has 0 atom stereocenters. The summed E-state index contributed by atoms with van der Waals surface area (Å²) in [7, 11) is -1.88. The Bertz CT molecular complexity index is 835. The van der Waals surface area contributed by atoms with E-state index in [0.717, 1.165) is 0 Å². The van der Waals surface area contributed by atoms with Gasteiger partial charge in [0.25, 0.3) is 0 Å². The lowest BCUT2D eigenvalue weighted by Gasteiger charge is -2.08. The Morgan fingerprint density at radius 3 is 2.73 bits per heavy atom. The average Bonchev–Trinajstić information content (AvgIpc) is 2.91. The molecule has 0 aliphatic rings. The van der Waals surface area contributed by atoms with Crippen LogP contribution in [0.25, 0.3) is 22.3 Å². The third-order valence-electron chi connectivity index (χ3n) is 3.50. The van der Waals surface area contributed by atoms with Crippen molar-refractivity contribution in [1.29, 1.82) is 0 Å². The molecule has 0 saturated heterocycles. The summed E-state index contributed by atoms with van der Waals surface area (Å²) in [4.78, 5) is 4.35. The van der Waals surface area contributed by atoms with Gasteiger partial charge < -0.3 is 14.6 Å². The first-order chi connectivity index (χ1) is 10.5. The number of fused-ring (bicyclic) bond motifs is 1. The summed E-state index contributed by atoms with van der Waals surface area (Å²) in [6.07, 6.45) is 3.21. The number of halogens is 1. The maximum absolute atomic E-state index is 13.6. The first kappa shape index (κ1) is 14.6. The molecular formula is C14H14BFN4O2. The zero-order chi connectivity index (χ0) is 15.9. The van der Waals surface area contributed by atoms with Crippen molar-refractivity contribution in [2.75, 3.05) is 0 Å². The summed E-state index contributed by atoms with van der Waals surface area (Å²) >= 11 is 0. The average molecular weight is 300 g/mol. The first-order valence-corrected chi connectivity index (χ1v) is 6.83. The van der Waals surface area contributed by atoms with E-state index in [2.05, 4.69) is 15.2 Å². The molecule has 0 radical (unpaired) electrons. The summed E-state index contributed by atoms with van der Waals surface area (Å²) in [5.74, 6) is -0.676. The van der Waals surface area contributed by atoms with Gasteiger partial charge in [0, 0.05) is 17.1 Å². The van der Waals surface area contributed by atoms with Crippen molar-refractivity contribution in [2.45, 2.75) is 19.9 Å². The summed E-state index contributed by atoms with van der Waals surface area (Å²) in [5, 5.41) is 26.5. The maximum atomic E-state index is 13.6. The number of benzene rings is 1. The van der Waals surface area contributed by atoms with E-state index in [1.54, 1.807) is 12.4 Å². The van der Waals surface area contributed by atoms with E-state index in [1.165, 1.54) is 18.3 Å². The Morgan fingerprint density at radius 2 is 2.05 bits per heavy atom. The third kappa shape index (κ3) is 2.36. The standard InChI is InChI=1S/C14H14BFN4O2/c1-8(2)20-7-17-13-10(6-18-19-14(13)20)9-3-4-12(16)11(5-9)15(21)22/h3-8,21-22H,1-2H3. The molecule has 3 aromatic rings. The molecule has 2 aromatic heterocycles. The van der Waals surface area contributed by atoms with Crippen molar-refractivity contribution < 1.29 is 14.4 Å². The quantitative estimate of drug-likeness (QED) is 0.702. The molecule has 0 fully saturated rings. The Morgan fingerprint density at radius 1 is 1.27 bits per heavy atom. The van der Waals surface area contributed by atoms with Crippen LogP contribution in [0.5, 0.6) is 0 Å². The zero-order valence-electron chi connectivity index (χ0n) is 12.1. The largest absolute Gasteiger partial charge is 0.491 e. The molecule has 0 aliphatic carbocycles. The van der Waals surface area contributed by atoms with Gasteiger partial charge in [-0.25, -0.2) is 9.37 Å². The number of imidazole rings is 1. The van der Waals surface area contributed by atoms with Gasteiger partial charge in [0.15, 0.2) is 5.65 Å². The highest BCUT2D eigenvalue weighted by molar-refractivity contribution is 6.58. The van der Waals surface area contributed by atoms with E-state index in [1.807, 2.05) is 18.4 Å². The van der Waals surface area contributed by atoms with Crippen LogP contribution in [0.2, 0.25) is 0 Å². The Labute approximate surface area is 126 Å². The lowest BCUT2D eigenvalue weighted by molar-refractivity contribution is 0.423. The van der Waals surface area contributed by atoms with Crippen LogP contribution in [0.3, 0.4) is 0 Å². The molecule has 0 bridgehead atoms. The van der Waals surface area contributed by atoms with Gasteiger partial charge in [-0.3, -0.25) is 0 Å². The minimum atomic E-state index is -1.88. The topological polar surface area (TPSA) is 84.1 Å². The smallest absolute Gasteiger partial charge is 0.423 e. The molecule has 22 heavy (non-hydrogen) atoms. The van der Waals surface area contributed by atoms with Gasteiger partial charge in [0.2, 0.25) is 0 Å². The van der Waals surface area contributed by atoms with E-state index in [0.29, 0.717) is 22.3 Å². The number of aromatic nitrogens is 4. The summed E-state index contributed by atoms with van der Waals surface area (Å²) in [6, 6.07) is 4.30. The Hall–Kier alpha value is -2.32. The van der Waals surface area contributed by atoms with E-state index in [9.17, 15) is 14.4 Å². The number of rotatable bonds is 3. The van der Waals surface area contributed by atoms with Gasteiger partial charge in [-0.1, -0.05) is 12.1 Å². The molecule has 0 saturated carbocycles. The molecule has 112 valence electrons. The van der Waals surface area contributed by atoms with Gasteiger partial charge in [0.05, 0.1) is 12.5 Å². The fourth-order valence-corrected chi connectivity index (χ4v) is 2.34. The van der Waals surface area contributed by atoms with Crippen LogP contribution in [-0.2, 0) is 0 Å².